The highest BCUT2D eigenvalue weighted by molar-refractivity contribution is 9.13. The van der Waals surface area contributed by atoms with E-state index in [-0.39, 0.29) is 16.7 Å². The molecule has 0 radical (unpaired) electrons. The maximum Gasteiger partial charge on any atom is 0.312 e. The fraction of sp³-hybridized carbons (Fsp3) is 0.562. The first-order valence-electron chi connectivity index (χ1n) is 8.49. The molecule has 0 spiro atoms. The summed E-state index contributed by atoms with van der Waals surface area (Å²) < 4.78 is 3.25. The molecule has 2 N–H and O–H groups in total. The van der Waals surface area contributed by atoms with Gasteiger partial charge in [-0.05, 0) is 69.5 Å². The molecule has 2 heterocycles. The molecule has 0 unspecified atom stereocenters. The number of nitro benzene ring substituents is 1. The Bertz CT molecular complexity index is 849. The summed E-state index contributed by atoms with van der Waals surface area (Å²) in [5.74, 6) is 1.45. The maximum atomic E-state index is 11.6. The van der Waals surface area contributed by atoms with Gasteiger partial charge in [-0.25, -0.2) is 4.98 Å². The number of halogens is 2. The zero-order valence-corrected chi connectivity index (χ0v) is 16.8. The molecule has 7 nitrogen and oxygen atoms in total. The minimum atomic E-state index is -0.364. The predicted octanol–water partition coefficient (Wildman–Crippen LogP) is 3.81. The van der Waals surface area contributed by atoms with E-state index in [0.29, 0.717) is 20.4 Å². The minimum absolute atomic E-state index is 0.0153. The molecule has 2 fully saturated rings. The minimum Gasteiger partial charge on any atom is -0.341 e. The summed E-state index contributed by atoms with van der Waals surface area (Å²) in [6, 6.07) is 2.05. The van der Waals surface area contributed by atoms with Crippen molar-refractivity contribution < 1.29 is 4.92 Å². The van der Waals surface area contributed by atoms with Gasteiger partial charge in [-0.3, -0.25) is 10.1 Å². The van der Waals surface area contributed by atoms with E-state index in [9.17, 15) is 10.1 Å². The Labute approximate surface area is 162 Å². The number of hydrogen-bond acceptors (Lipinski definition) is 5. The van der Waals surface area contributed by atoms with E-state index >= 15 is 0 Å². The van der Waals surface area contributed by atoms with Crippen molar-refractivity contribution in [1.29, 1.82) is 0 Å². The van der Waals surface area contributed by atoms with Gasteiger partial charge in [0.15, 0.2) is 5.52 Å². The lowest BCUT2D eigenvalue weighted by Gasteiger charge is -2.32. The van der Waals surface area contributed by atoms with Crippen molar-refractivity contribution in [3.05, 3.63) is 25.1 Å². The standard InChI is InChI=1S/C16H19Br2N5O2/c17-11-6-12-14(15(13(11)18)23(24)25)20-16(22(12)7-9-3-4-9)21-5-1-2-10(19)8-21/h6,9-10H,1-5,7-8,19H2/t10-/m0/s1. The van der Waals surface area contributed by atoms with Gasteiger partial charge in [0.05, 0.1) is 10.4 Å². The SMILES string of the molecule is N[C@H]1CCCN(c2nc3c([N+](=O)[O-])c(Br)c(Br)cc3n2CC2CC2)C1. The Morgan fingerprint density at radius 2 is 2.12 bits per heavy atom. The van der Waals surface area contributed by atoms with Gasteiger partial charge in [0.2, 0.25) is 5.95 Å². The average molecular weight is 473 g/mol. The number of nitrogens with zero attached hydrogens (tertiary/aromatic N) is 4. The van der Waals surface area contributed by atoms with E-state index in [2.05, 4.69) is 41.3 Å². The van der Waals surface area contributed by atoms with E-state index in [0.717, 1.165) is 43.9 Å². The first-order valence-corrected chi connectivity index (χ1v) is 10.1. The Morgan fingerprint density at radius 3 is 2.76 bits per heavy atom. The Morgan fingerprint density at radius 1 is 1.36 bits per heavy atom. The first kappa shape index (κ1) is 17.2. The summed E-state index contributed by atoms with van der Waals surface area (Å²) in [6.07, 6.45) is 4.44. The van der Waals surface area contributed by atoms with Crippen molar-refractivity contribution in [2.24, 2.45) is 11.7 Å². The lowest BCUT2D eigenvalue weighted by atomic mass is 10.1. The van der Waals surface area contributed by atoms with Crippen LogP contribution in [-0.2, 0) is 6.54 Å². The molecule has 1 aromatic carbocycles. The topological polar surface area (TPSA) is 90.2 Å². The van der Waals surface area contributed by atoms with E-state index in [4.69, 9.17) is 10.7 Å². The second-order valence-corrected chi connectivity index (χ2v) is 8.61. The lowest BCUT2D eigenvalue weighted by molar-refractivity contribution is -0.384. The third-order valence-corrected chi connectivity index (χ3v) is 6.91. The summed E-state index contributed by atoms with van der Waals surface area (Å²) in [4.78, 5) is 18.2. The van der Waals surface area contributed by atoms with Crippen LogP contribution in [0.15, 0.2) is 15.0 Å². The van der Waals surface area contributed by atoms with E-state index < -0.39 is 0 Å². The monoisotopic (exact) mass is 471 g/mol. The molecule has 1 saturated carbocycles. The van der Waals surface area contributed by atoms with Crippen molar-refractivity contribution in [2.45, 2.75) is 38.3 Å². The normalized spacial score (nSPS) is 21.1. The first-order chi connectivity index (χ1) is 12.0. The number of benzene rings is 1. The van der Waals surface area contributed by atoms with Crippen LogP contribution in [0.5, 0.6) is 0 Å². The number of anilines is 1. The highest BCUT2D eigenvalue weighted by Gasteiger charge is 2.31. The quantitative estimate of drug-likeness (QED) is 0.539. The van der Waals surface area contributed by atoms with Crippen LogP contribution >= 0.6 is 31.9 Å². The predicted molar refractivity (Wildman–Crippen MR) is 104 cm³/mol. The van der Waals surface area contributed by atoms with Gasteiger partial charge in [0.25, 0.3) is 0 Å². The molecule has 25 heavy (non-hydrogen) atoms. The molecule has 2 aromatic rings. The molecule has 1 aliphatic heterocycles. The van der Waals surface area contributed by atoms with Crippen LogP contribution in [0.3, 0.4) is 0 Å². The van der Waals surface area contributed by atoms with Crippen molar-refractivity contribution in [3.8, 4) is 0 Å². The number of hydrogen-bond donors (Lipinski definition) is 1. The van der Waals surface area contributed by atoms with Gasteiger partial charge in [-0.15, -0.1) is 0 Å². The molecule has 1 aliphatic carbocycles. The van der Waals surface area contributed by atoms with Crippen molar-refractivity contribution in [1.82, 2.24) is 9.55 Å². The summed E-state index contributed by atoms with van der Waals surface area (Å²) in [5, 5.41) is 11.6. The summed E-state index contributed by atoms with van der Waals surface area (Å²) in [5.41, 5.74) is 7.41. The second kappa shape index (κ2) is 6.51. The van der Waals surface area contributed by atoms with Crippen LogP contribution in [-0.4, -0.2) is 33.6 Å². The van der Waals surface area contributed by atoms with Gasteiger partial charge in [-0.2, -0.15) is 0 Å². The third kappa shape index (κ3) is 3.17. The summed E-state index contributed by atoms with van der Waals surface area (Å²) in [7, 11) is 0. The van der Waals surface area contributed by atoms with Crippen LogP contribution in [0, 0.1) is 16.0 Å². The number of rotatable bonds is 4. The smallest absolute Gasteiger partial charge is 0.312 e. The van der Waals surface area contributed by atoms with Gasteiger partial charge in [0.1, 0.15) is 4.47 Å². The molecular formula is C16H19Br2N5O2. The highest BCUT2D eigenvalue weighted by atomic mass is 79.9. The van der Waals surface area contributed by atoms with Gasteiger partial charge < -0.3 is 15.2 Å². The number of imidazole rings is 1. The molecular weight excluding hydrogens is 454 g/mol. The zero-order chi connectivity index (χ0) is 17.7. The summed E-state index contributed by atoms with van der Waals surface area (Å²) in [6.45, 7) is 2.48. The highest BCUT2D eigenvalue weighted by Crippen LogP contribution is 2.42. The van der Waals surface area contributed by atoms with Gasteiger partial charge in [-0.1, -0.05) is 0 Å². The van der Waals surface area contributed by atoms with Gasteiger partial charge >= 0.3 is 5.69 Å². The molecule has 0 amide bonds. The number of nitrogens with two attached hydrogens (primary N) is 1. The van der Waals surface area contributed by atoms with Crippen molar-refractivity contribution >= 4 is 54.5 Å². The van der Waals surface area contributed by atoms with Crippen molar-refractivity contribution in [2.75, 3.05) is 18.0 Å². The third-order valence-electron chi connectivity index (χ3n) is 4.95. The van der Waals surface area contributed by atoms with Crippen molar-refractivity contribution in [3.63, 3.8) is 0 Å². The molecule has 1 aromatic heterocycles. The molecule has 0 bridgehead atoms. The van der Waals surface area contributed by atoms with Crippen LogP contribution < -0.4 is 10.6 Å². The number of aromatic nitrogens is 2. The zero-order valence-electron chi connectivity index (χ0n) is 13.6. The summed E-state index contributed by atoms with van der Waals surface area (Å²) >= 11 is 6.77. The number of nitro groups is 1. The molecule has 4 rings (SSSR count). The number of piperidine rings is 1. The number of fused-ring (bicyclic) bond motifs is 1. The van der Waals surface area contributed by atoms with Gasteiger partial charge in [0, 0.05) is 30.1 Å². The Hall–Kier alpha value is -1.19. The largest absolute Gasteiger partial charge is 0.341 e. The Balaban J connectivity index is 1.91. The molecule has 1 atom stereocenters. The molecule has 1 saturated heterocycles. The van der Waals surface area contributed by atoms with E-state index in [1.165, 1.54) is 12.8 Å². The van der Waals surface area contributed by atoms with Crippen LogP contribution in [0.25, 0.3) is 11.0 Å². The second-order valence-electron chi connectivity index (χ2n) is 6.96. The molecule has 134 valence electrons. The fourth-order valence-corrected chi connectivity index (χ4v) is 4.36. The maximum absolute atomic E-state index is 11.6. The fourth-order valence-electron chi connectivity index (χ4n) is 3.51. The van der Waals surface area contributed by atoms with E-state index in [1.54, 1.807) is 0 Å². The molecule has 9 heteroatoms. The van der Waals surface area contributed by atoms with Crippen LogP contribution in [0.2, 0.25) is 0 Å². The van der Waals surface area contributed by atoms with E-state index in [1.807, 2.05) is 6.07 Å². The Kier molecular flexibility index (Phi) is 4.49. The van der Waals surface area contributed by atoms with Crippen LogP contribution in [0.1, 0.15) is 25.7 Å². The van der Waals surface area contributed by atoms with Crippen LogP contribution in [0.4, 0.5) is 11.6 Å². The lowest BCUT2D eigenvalue weighted by Crippen LogP contribution is -2.44. The molecule has 2 aliphatic rings. The average Bonchev–Trinajstić information content (AvgIpc) is 3.31.